The van der Waals surface area contributed by atoms with Gasteiger partial charge in [-0.05, 0) is 12.1 Å². The maximum absolute atomic E-state index is 11.9. The molecule has 0 saturated heterocycles. The number of aromatic nitrogens is 1. The van der Waals surface area contributed by atoms with Crippen molar-refractivity contribution in [3.63, 3.8) is 0 Å². The van der Waals surface area contributed by atoms with Crippen molar-refractivity contribution in [1.82, 2.24) is 4.98 Å². The molecular weight excluding hydrogens is 288 g/mol. The van der Waals surface area contributed by atoms with Crippen LogP contribution in [0.25, 0.3) is 10.2 Å². The summed E-state index contributed by atoms with van der Waals surface area (Å²) in [5.74, 6) is -0.230. The standard InChI is InChI=1S/C12H9ClN2O3S/c13-7-2-1-3-9-10(7)14-12(19-9)15-11(16)8-6-17-4-5-18-8/h1-3,6H,4-5H2,(H,14,15,16). The first-order valence-electron chi connectivity index (χ1n) is 5.55. The summed E-state index contributed by atoms with van der Waals surface area (Å²) in [6, 6.07) is 5.50. The molecule has 1 amide bonds. The Labute approximate surface area is 117 Å². The Hall–Kier alpha value is -1.79. The summed E-state index contributed by atoms with van der Waals surface area (Å²) >= 11 is 7.38. The number of amides is 1. The minimum atomic E-state index is -0.380. The zero-order valence-corrected chi connectivity index (χ0v) is 11.3. The third-order valence-corrected chi connectivity index (χ3v) is 3.70. The molecule has 1 aromatic carbocycles. The Bertz CT molecular complexity index is 668. The third kappa shape index (κ3) is 2.50. The number of ether oxygens (including phenoxy) is 2. The van der Waals surface area contributed by atoms with Gasteiger partial charge in [-0.1, -0.05) is 29.0 Å². The maximum atomic E-state index is 11.9. The van der Waals surface area contributed by atoms with E-state index in [1.807, 2.05) is 12.1 Å². The number of para-hydroxylation sites is 1. The molecule has 19 heavy (non-hydrogen) atoms. The molecule has 2 aromatic rings. The summed E-state index contributed by atoms with van der Waals surface area (Å²) in [7, 11) is 0. The molecule has 1 N–H and O–H groups in total. The third-order valence-electron chi connectivity index (χ3n) is 2.46. The van der Waals surface area contributed by atoms with Crippen molar-refractivity contribution in [2.45, 2.75) is 0 Å². The number of nitrogens with one attached hydrogen (secondary N) is 1. The fourth-order valence-corrected chi connectivity index (χ4v) is 2.78. The van der Waals surface area contributed by atoms with Crippen molar-refractivity contribution >= 4 is 44.2 Å². The van der Waals surface area contributed by atoms with Crippen LogP contribution in [-0.4, -0.2) is 24.1 Å². The number of carbonyl (C=O) groups excluding carboxylic acids is 1. The van der Waals surface area contributed by atoms with Crippen molar-refractivity contribution in [2.75, 3.05) is 18.5 Å². The summed E-state index contributed by atoms with van der Waals surface area (Å²) in [6.45, 7) is 0.818. The Balaban J connectivity index is 1.83. The number of nitrogens with zero attached hydrogens (tertiary/aromatic N) is 1. The van der Waals surface area contributed by atoms with Gasteiger partial charge in [-0.25, -0.2) is 4.98 Å². The number of carbonyl (C=O) groups is 1. The van der Waals surface area contributed by atoms with E-state index in [0.717, 1.165) is 4.70 Å². The molecule has 0 fully saturated rings. The van der Waals surface area contributed by atoms with E-state index in [1.54, 1.807) is 6.07 Å². The molecule has 2 heterocycles. The van der Waals surface area contributed by atoms with Crippen molar-refractivity contribution in [3.8, 4) is 0 Å². The first-order chi connectivity index (χ1) is 9.24. The monoisotopic (exact) mass is 296 g/mol. The highest BCUT2D eigenvalue weighted by Crippen LogP contribution is 2.30. The second-order valence-corrected chi connectivity index (χ2v) is 5.20. The van der Waals surface area contributed by atoms with Gasteiger partial charge < -0.3 is 9.47 Å². The van der Waals surface area contributed by atoms with Gasteiger partial charge >= 0.3 is 0 Å². The van der Waals surface area contributed by atoms with Gasteiger partial charge in [0, 0.05) is 0 Å². The molecule has 1 aliphatic rings. The van der Waals surface area contributed by atoms with Gasteiger partial charge in [0.05, 0.1) is 9.72 Å². The zero-order valence-electron chi connectivity index (χ0n) is 9.68. The van der Waals surface area contributed by atoms with E-state index < -0.39 is 0 Å². The molecule has 0 saturated carbocycles. The van der Waals surface area contributed by atoms with Crippen LogP contribution in [0.1, 0.15) is 0 Å². The van der Waals surface area contributed by atoms with Crippen LogP contribution in [0.2, 0.25) is 5.02 Å². The number of fused-ring (bicyclic) bond motifs is 1. The molecule has 0 atom stereocenters. The van der Waals surface area contributed by atoms with Crippen molar-refractivity contribution in [1.29, 1.82) is 0 Å². The summed E-state index contributed by atoms with van der Waals surface area (Å²) in [5, 5.41) is 3.70. The van der Waals surface area contributed by atoms with Gasteiger partial charge in [0.1, 0.15) is 25.0 Å². The molecule has 0 bridgehead atoms. The summed E-state index contributed by atoms with van der Waals surface area (Å²) in [4.78, 5) is 16.2. The highest BCUT2D eigenvalue weighted by atomic mass is 35.5. The summed E-state index contributed by atoms with van der Waals surface area (Å²) in [5.41, 5.74) is 0.680. The van der Waals surface area contributed by atoms with Gasteiger partial charge in [-0.2, -0.15) is 0 Å². The van der Waals surface area contributed by atoms with Crippen LogP contribution in [0.15, 0.2) is 30.2 Å². The average Bonchev–Trinajstić information content (AvgIpc) is 2.84. The van der Waals surface area contributed by atoms with Gasteiger partial charge in [0.15, 0.2) is 5.13 Å². The molecule has 0 aliphatic carbocycles. The predicted octanol–water partition coefficient (Wildman–Crippen LogP) is 2.78. The maximum Gasteiger partial charge on any atom is 0.295 e. The molecule has 5 nitrogen and oxygen atoms in total. The Morgan fingerprint density at radius 2 is 2.32 bits per heavy atom. The molecule has 3 rings (SSSR count). The lowest BCUT2D eigenvalue weighted by molar-refractivity contribution is -0.117. The lowest BCUT2D eigenvalue weighted by Crippen LogP contribution is -2.20. The first kappa shape index (κ1) is 12.3. The van der Waals surface area contributed by atoms with Crippen LogP contribution in [-0.2, 0) is 14.3 Å². The normalized spacial score (nSPS) is 14.5. The highest BCUT2D eigenvalue weighted by Gasteiger charge is 2.17. The summed E-state index contributed by atoms with van der Waals surface area (Å²) in [6.07, 6.45) is 1.30. The molecule has 1 aliphatic heterocycles. The quantitative estimate of drug-likeness (QED) is 0.926. The molecule has 98 valence electrons. The number of hydrogen-bond donors (Lipinski definition) is 1. The second-order valence-electron chi connectivity index (χ2n) is 3.76. The van der Waals surface area contributed by atoms with Crippen molar-refractivity contribution in [3.05, 3.63) is 35.2 Å². The average molecular weight is 297 g/mol. The largest absolute Gasteiger partial charge is 0.494 e. The summed E-state index contributed by atoms with van der Waals surface area (Å²) < 4.78 is 11.1. The van der Waals surface area contributed by atoms with E-state index in [0.29, 0.717) is 28.9 Å². The van der Waals surface area contributed by atoms with E-state index in [1.165, 1.54) is 17.6 Å². The van der Waals surface area contributed by atoms with Crippen molar-refractivity contribution < 1.29 is 14.3 Å². The van der Waals surface area contributed by atoms with Crippen LogP contribution < -0.4 is 5.32 Å². The lowest BCUT2D eigenvalue weighted by Gasteiger charge is -2.14. The molecule has 1 aromatic heterocycles. The lowest BCUT2D eigenvalue weighted by atomic mass is 10.3. The Kier molecular flexibility index (Phi) is 3.27. The minimum Gasteiger partial charge on any atom is -0.494 e. The van der Waals surface area contributed by atoms with Crippen LogP contribution >= 0.6 is 22.9 Å². The number of anilines is 1. The number of halogens is 1. The molecule has 0 radical (unpaired) electrons. The van der Waals surface area contributed by atoms with Gasteiger partial charge in [0.2, 0.25) is 5.76 Å². The Morgan fingerprint density at radius 3 is 3.05 bits per heavy atom. The number of rotatable bonds is 2. The molecule has 0 unspecified atom stereocenters. The van der Waals surface area contributed by atoms with Crippen LogP contribution in [0.3, 0.4) is 0 Å². The second kappa shape index (κ2) is 5.07. The minimum absolute atomic E-state index is 0.150. The van der Waals surface area contributed by atoms with E-state index in [4.69, 9.17) is 21.1 Å². The van der Waals surface area contributed by atoms with E-state index in [2.05, 4.69) is 10.3 Å². The van der Waals surface area contributed by atoms with Gasteiger partial charge in [-0.3, -0.25) is 10.1 Å². The van der Waals surface area contributed by atoms with Crippen LogP contribution in [0, 0.1) is 0 Å². The highest BCUT2D eigenvalue weighted by molar-refractivity contribution is 7.22. The van der Waals surface area contributed by atoms with E-state index in [9.17, 15) is 4.79 Å². The topological polar surface area (TPSA) is 60.5 Å². The fraction of sp³-hybridized carbons (Fsp3) is 0.167. The smallest absolute Gasteiger partial charge is 0.295 e. The number of hydrogen-bond acceptors (Lipinski definition) is 5. The van der Waals surface area contributed by atoms with Crippen LogP contribution in [0.4, 0.5) is 5.13 Å². The first-order valence-corrected chi connectivity index (χ1v) is 6.74. The molecular formula is C12H9ClN2O3S. The SMILES string of the molecule is O=C(Nc1nc2c(Cl)cccc2s1)C1=COCCO1. The van der Waals surface area contributed by atoms with Gasteiger partial charge in [-0.15, -0.1) is 0 Å². The van der Waals surface area contributed by atoms with Gasteiger partial charge in [0.25, 0.3) is 5.91 Å². The zero-order chi connectivity index (χ0) is 13.2. The van der Waals surface area contributed by atoms with Crippen LogP contribution in [0.5, 0.6) is 0 Å². The Morgan fingerprint density at radius 1 is 1.42 bits per heavy atom. The van der Waals surface area contributed by atoms with E-state index >= 15 is 0 Å². The predicted molar refractivity (Wildman–Crippen MR) is 73.2 cm³/mol. The number of thiazole rings is 1. The fourth-order valence-electron chi connectivity index (χ4n) is 1.61. The molecule has 7 heteroatoms. The number of benzene rings is 1. The van der Waals surface area contributed by atoms with E-state index in [-0.39, 0.29) is 11.7 Å². The van der Waals surface area contributed by atoms with Crippen molar-refractivity contribution in [2.24, 2.45) is 0 Å². The molecule has 0 spiro atoms.